The molecular formula is C13H18N2O3S. The van der Waals surface area contributed by atoms with Crippen LogP contribution in [0.1, 0.15) is 12.0 Å². The zero-order chi connectivity index (χ0) is 14.1. The Morgan fingerprint density at radius 3 is 2.53 bits per heavy atom. The molecule has 0 saturated carbocycles. The predicted octanol–water partition coefficient (Wildman–Crippen LogP) is 2.19. The summed E-state index contributed by atoms with van der Waals surface area (Å²) in [6.07, 6.45) is 2.59. The summed E-state index contributed by atoms with van der Waals surface area (Å²) < 4.78 is 0. The van der Waals surface area contributed by atoms with E-state index in [1.807, 2.05) is 18.4 Å². The molecule has 0 fully saturated rings. The summed E-state index contributed by atoms with van der Waals surface area (Å²) in [6.45, 7) is 0.629. The Morgan fingerprint density at radius 1 is 1.26 bits per heavy atom. The van der Waals surface area contributed by atoms with Crippen LogP contribution in [0.3, 0.4) is 0 Å². The van der Waals surface area contributed by atoms with Gasteiger partial charge in [-0.1, -0.05) is 12.1 Å². The molecule has 0 atom stereocenters. The smallest absolute Gasteiger partial charge is 0.319 e. The number of aliphatic carboxylic acids is 1. The first-order valence-corrected chi connectivity index (χ1v) is 7.35. The fourth-order valence-corrected chi connectivity index (χ4v) is 1.75. The van der Waals surface area contributed by atoms with Crippen molar-refractivity contribution < 1.29 is 14.7 Å². The van der Waals surface area contributed by atoms with E-state index < -0.39 is 5.97 Å². The number of amides is 2. The molecule has 0 heterocycles. The molecule has 19 heavy (non-hydrogen) atoms. The number of nitrogens with one attached hydrogen (secondary N) is 2. The maximum atomic E-state index is 11.5. The normalized spacial score (nSPS) is 9.95. The van der Waals surface area contributed by atoms with E-state index in [-0.39, 0.29) is 12.5 Å². The summed E-state index contributed by atoms with van der Waals surface area (Å²) >= 11 is 1.67. The average Bonchev–Trinajstić information content (AvgIpc) is 2.38. The van der Waals surface area contributed by atoms with Gasteiger partial charge in [-0.3, -0.25) is 4.79 Å². The van der Waals surface area contributed by atoms with Crippen molar-refractivity contribution in [1.29, 1.82) is 0 Å². The van der Waals surface area contributed by atoms with Crippen LogP contribution in [0.15, 0.2) is 24.3 Å². The Kier molecular flexibility index (Phi) is 6.81. The SMILES string of the molecule is CSCCNC(=O)Nc1ccc(CCC(=O)O)cc1. The first kappa shape index (κ1) is 15.4. The molecule has 0 radical (unpaired) electrons. The van der Waals surface area contributed by atoms with Gasteiger partial charge in [0.1, 0.15) is 0 Å². The minimum Gasteiger partial charge on any atom is -0.481 e. The Balaban J connectivity index is 2.39. The summed E-state index contributed by atoms with van der Waals surface area (Å²) in [5.74, 6) is 0.0667. The van der Waals surface area contributed by atoms with E-state index in [4.69, 9.17) is 5.11 Å². The zero-order valence-electron chi connectivity index (χ0n) is 10.8. The molecular weight excluding hydrogens is 264 g/mol. The third kappa shape index (κ3) is 6.71. The second kappa shape index (κ2) is 8.42. The van der Waals surface area contributed by atoms with Crippen LogP contribution >= 0.6 is 11.8 Å². The number of hydrogen-bond donors (Lipinski definition) is 3. The van der Waals surface area contributed by atoms with Gasteiger partial charge in [-0.05, 0) is 30.4 Å². The number of carbonyl (C=O) groups is 2. The lowest BCUT2D eigenvalue weighted by atomic mass is 10.1. The fourth-order valence-electron chi connectivity index (χ4n) is 1.45. The number of benzene rings is 1. The van der Waals surface area contributed by atoms with Crippen LogP contribution < -0.4 is 10.6 Å². The molecule has 0 aliphatic carbocycles. The molecule has 0 unspecified atom stereocenters. The Hall–Kier alpha value is -1.69. The van der Waals surface area contributed by atoms with Crippen LogP contribution in [0.4, 0.5) is 10.5 Å². The van der Waals surface area contributed by atoms with Crippen molar-refractivity contribution >= 4 is 29.4 Å². The standard InChI is InChI=1S/C13H18N2O3S/c1-19-9-8-14-13(18)15-11-5-2-10(3-6-11)4-7-12(16)17/h2-3,5-6H,4,7-9H2,1H3,(H,16,17)(H2,14,15,18). The van der Waals surface area contributed by atoms with Crippen molar-refractivity contribution in [3.63, 3.8) is 0 Å². The number of carbonyl (C=O) groups excluding carboxylic acids is 1. The molecule has 0 aromatic heterocycles. The molecule has 0 spiro atoms. The van der Waals surface area contributed by atoms with Crippen LogP contribution in [-0.2, 0) is 11.2 Å². The maximum absolute atomic E-state index is 11.5. The summed E-state index contributed by atoms with van der Waals surface area (Å²) in [7, 11) is 0. The first-order valence-electron chi connectivity index (χ1n) is 5.96. The number of aryl methyl sites for hydroxylation is 1. The molecule has 3 N–H and O–H groups in total. The second-order valence-corrected chi connectivity index (χ2v) is 4.95. The number of carboxylic acids is 1. The molecule has 0 aliphatic heterocycles. The highest BCUT2D eigenvalue weighted by Gasteiger charge is 2.02. The summed E-state index contributed by atoms with van der Waals surface area (Å²) in [5, 5.41) is 14.0. The number of thioether (sulfide) groups is 1. The molecule has 0 bridgehead atoms. The van der Waals surface area contributed by atoms with Crippen molar-refractivity contribution in [1.82, 2.24) is 5.32 Å². The van der Waals surface area contributed by atoms with Gasteiger partial charge in [-0.15, -0.1) is 0 Å². The summed E-state index contributed by atoms with van der Waals surface area (Å²) in [4.78, 5) is 21.9. The van der Waals surface area contributed by atoms with Crippen LogP contribution in [0, 0.1) is 0 Å². The van der Waals surface area contributed by atoms with E-state index in [2.05, 4.69) is 10.6 Å². The Bertz CT molecular complexity index is 420. The van der Waals surface area contributed by atoms with Gasteiger partial charge in [0.15, 0.2) is 0 Å². The van der Waals surface area contributed by atoms with Gasteiger partial charge in [0.2, 0.25) is 0 Å². The Labute approximate surface area is 116 Å². The molecule has 0 saturated heterocycles. The van der Waals surface area contributed by atoms with Crippen LogP contribution in [0.5, 0.6) is 0 Å². The fraction of sp³-hybridized carbons (Fsp3) is 0.385. The van der Waals surface area contributed by atoms with Gasteiger partial charge >= 0.3 is 12.0 Å². The zero-order valence-corrected chi connectivity index (χ0v) is 11.6. The summed E-state index contributed by atoms with van der Waals surface area (Å²) in [6, 6.07) is 6.95. The number of carboxylic acid groups (broad SMARTS) is 1. The number of urea groups is 1. The Morgan fingerprint density at radius 2 is 1.95 bits per heavy atom. The maximum Gasteiger partial charge on any atom is 0.319 e. The van der Waals surface area contributed by atoms with Gasteiger partial charge in [-0.2, -0.15) is 11.8 Å². The van der Waals surface area contributed by atoms with Gasteiger partial charge in [0.25, 0.3) is 0 Å². The highest BCUT2D eigenvalue weighted by atomic mass is 32.2. The van der Waals surface area contributed by atoms with Crippen molar-refractivity contribution in [3.8, 4) is 0 Å². The van der Waals surface area contributed by atoms with E-state index in [9.17, 15) is 9.59 Å². The van der Waals surface area contributed by atoms with Crippen molar-refractivity contribution in [2.45, 2.75) is 12.8 Å². The predicted molar refractivity (Wildman–Crippen MR) is 77.8 cm³/mol. The number of anilines is 1. The minimum absolute atomic E-state index is 0.113. The van der Waals surface area contributed by atoms with Crippen LogP contribution in [0.25, 0.3) is 0 Å². The quantitative estimate of drug-likeness (QED) is 0.670. The van der Waals surface area contributed by atoms with Crippen LogP contribution in [-0.4, -0.2) is 35.7 Å². The van der Waals surface area contributed by atoms with E-state index in [0.717, 1.165) is 11.3 Å². The largest absolute Gasteiger partial charge is 0.481 e. The van der Waals surface area contributed by atoms with E-state index in [0.29, 0.717) is 18.7 Å². The lowest BCUT2D eigenvalue weighted by Crippen LogP contribution is -2.30. The third-order valence-electron chi connectivity index (χ3n) is 2.43. The van der Waals surface area contributed by atoms with Crippen molar-refractivity contribution in [3.05, 3.63) is 29.8 Å². The molecule has 104 valence electrons. The molecule has 5 nitrogen and oxygen atoms in total. The van der Waals surface area contributed by atoms with Gasteiger partial charge in [-0.25, -0.2) is 4.79 Å². The number of hydrogen-bond acceptors (Lipinski definition) is 3. The molecule has 1 rings (SSSR count). The minimum atomic E-state index is -0.810. The third-order valence-corrected chi connectivity index (χ3v) is 3.04. The van der Waals surface area contributed by atoms with Gasteiger partial charge < -0.3 is 15.7 Å². The van der Waals surface area contributed by atoms with Crippen LogP contribution in [0.2, 0.25) is 0 Å². The van der Waals surface area contributed by atoms with Crippen molar-refractivity contribution in [2.75, 3.05) is 23.9 Å². The van der Waals surface area contributed by atoms with E-state index in [1.54, 1.807) is 23.9 Å². The first-order chi connectivity index (χ1) is 9.11. The molecule has 6 heteroatoms. The lowest BCUT2D eigenvalue weighted by molar-refractivity contribution is -0.136. The highest BCUT2D eigenvalue weighted by molar-refractivity contribution is 7.98. The molecule has 0 aliphatic rings. The topological polar surface area (TPSA) is 78.4 Å². The van der Waals surface area contributed by atoms with Crippen molar-refractivity contribution in [2.24, 2.45) is 0 Å². The second-order valence-electron chi connectivity index (χ2n) is 3.96. The van der Waals surface area contributed by atoms with E-state index >= 15 is 0 Å². The summed E-state index contributed by atoms with van der Waals surface area (Å²) in [5.41, 5.74) is 1.64. The number of rotatable bonds is 7. The van der Waals surface area contributed by atoms with Gasteiger partial charge in [0, 0.05) is 24.4 Å². The average molecular weight is 282 g/mol. The van der Waals surface area contributed by atoms with Gasteiger partial charge in [0.05, 0.1) is 0 Å². The molecule has 1 aromatic carbocycles. The van der Waals surface area contributed by atoms with E-state index in [1.165, 1.54) is 0 Å². The molecule has 1 aromatic rings. The lowest BCUT2D eigenvalue weighted by Gasteiger charge is -2.07. The monoisotopic (exact) mass is 282 g/mol. The molecule has 2 amide bonds. The highest BCUT2D eigenvalue weighted by Crippen LogP contribution is 2.11.